The molecule has 0 saturated carbocycles. The standard InChI is InChI=1S/C65H86O4.CH3.Zr/c1-40-28-50(42-32-46(62(9,10)11)36-47(33-42)63(12,13)14)58(66)54(30-40)52-38-44(60(3,4)5)22-24-56(52)68-26-21-27-69-57-25-23-45(61(6,7)8)39-53(57)55-31-41(2)29-51(59(55)67)43-34-48(64(15,16)17)37-49(35-43)65(18,19)20;;/h22-25,28-34,36-39,43,66-67H,21,26-27,35H2,1-20H3;1H3;/q;-1;. The number of hydrogen-bond donors (Lipinski definition) is 2. The molecule has 0 bridgehead atoms. The van der Waals surface area contributed by atoms with Gasteiger partial charge >= 0.3 is 0 Å². The summed E-state index contributed by atoms with van der Waals surface area (Å²) in [6.45, 7) is 45.5. The maximum atomic E-state index is 12.4. The van der Waals surface area contributed by atoms with E-state index < -0.39 is 0 Å². The van der Waals surface area contributed by atoms with Crippen LogP contribution in [0.4, 0.5) is 0 Å². The van der Waals surface area contributed by atoms with Gasteiger partial charge in [-0.1, -0.05) is 179 Å². The van der Waals surface area contributed by atoms with Gasteiger partial charge in [0.1, 0.15) is 23.0 Å². The largest absolute Gasteiger partial charge is 0.507 e. The number of allylic oxidation sites excluding steroid dienone is 4. The van der Waals surface area contributed by atoms with Crippen LogP contribution in [0.1, 0.15) is 182 Å². The van der Waals surface area contributed by atoms with E-state index in [4.69, 9.17) is 9.47 Å². The summed E-state index contributed by atoms with van der Waals surface area (Å²) in [5, 5.41) is 24.8. The van der Waals surface area contributed by atoms with Crippen LogP contribution in [0.25, 0.3) is 33.4 Å². The van der Waals surface area contributed by atoms with Crippen LogP contribution < -0.4 is 9.47 Å². The van der Waals surface area contributed by atoms with Gasteiger partial charge in [0.25, 0.3) is 0 Å². The molecular formula is C66H89O4Zr-. The predicted octanol–water partition coefficient (Wildman–Crippen LogP) is 18.6. The first-order chi connectivity index (χ1) is 31.6. The first-order valence-corrected chi connectivity index (χ1v) is 25.5. The summed E-state index contributed by atoms with van der Waals surface area (Å²) in [5.74, 6) is 2.06. The number of aromatic hydroxyl groups is 2. The normalized spacial score (nSPS) is 14.8. The second kappa shape index (κ2) is 21.6. The summed E-state index contributed by atoms with van der Waals surface area (Å²) in [6.07, 6.45) is 6.26. The van der Waals surface area contributed by atoms with Crippen LogP contribution in [0.5, 0.6) is 23.0 Å². The summed E-state index contributed by atoms with van der Waals surface area (Å²) in [4.78, 5) is 0. The van der Waals surface area contributed by atoms with Gasteiger partial charge in [-0.15, -0.1) is 0 Å². The van der Waals surface area contributed by atoms with Gasteiger partial charge in [0.2, 0.25) is 0 Å². The molecule has 0 amide bonds. The molecule has 1 unspecified atom stereocenters. The van der Waals surface area contributed by atoms with Gasteiger partial charge in [0, 0.05) is 71.9 Å². The molecule has 0 fully saturated rings. The van der Waals surface area contributed by atoms with Gasteiger partial charge in [-0.2, -0.15) is 0 Å². The molecule has 5 heteroatoms. The number of rotatable bonds is 10. The van der Waals surface area contributed by atoms with Crippen molar-refractivity contribution in [2.75, 3.05) is 13.2 Å². The Hall–Kier alpha value is -4.34. The summed E-state index contributed by atoms with van der Waals surface area (Å²) >= 11 is 0. The molecule has 5 aromatic rings. The van der Waals surface area contributed by atoms with Crippen LogP contribution in [0, 0.1) is 32.1 Å². The Balaban J connectivity index is 0.00000548. The summed E-state index contributed by atoms with van der Waals surface area (Å²) in [5.41, 5.74) is 15.4. The Morgan fingerprint density at radius 2 is 0.887 bits per heavy atom. The second-order valence-electron chi connectivity index (χ2n) is 26.3. The number of ether oxygens (including phenoxy) is 2. The molecule has 0 saturated heterocycles. The molecule has 0 aliphatic heterocycles. The Bertz CT molecular complexity index is 2730. The average Bonchev–Trinajstić information content (AvgIpc) is 3.22. The maximum Gasteiger partial charge on any atom is 0.131 e. The fraction of sp³-hybridized carbons (Fsp3) is 0.470. The van der Waals surface area contributed by atoms with Crippen LogP contribution in [0.15, 0.2) is 102 Å². The van der Waals surface area contributed by atoms with Crippen molar-refractivity contribution in [3.8, 4) is 56.4 Å². The number of phenolic OH excluding ortho intramolecular Hbond substituents is 2. The van der Waals surface area contributed by atoms with Crippen molar-refractivity contribution in [2.24, 2.45) is 10.8 Å². The third kappa shape index (κ3) is 14.0. The van der Waals surface area contributed by atoms with Crippen LogP contribution in [-0.2, 0) is 47.9 Å². The molecule has 0 radical (unpaired) electrons. The van der Waals surface area contributed by atoms with Crippen LogP contribution in [-0.4, -0.2) is 23.4 Å². The van der Waals surface area contributed by atoms with Crippen molar-refractivity contribution in [2.45, 2.75) is 179 Å². The van der Waals surface area contributed by atoms with Gasteiger partial charge < -0.3 is 27.1 Å². The third-order valence-electron chi connectivity index (χ3n) is 14.0. The van der Waals surface area contributed by atoms with E-state index in [0.717, 1.165) is 73.6 Å². The molecule has 71 heavy (non-hydrogen) atoms. The van der Waals surface area contributed by atoms with Crippen LogP contribution in [0.2, 0.25) is 0 Å². The number of phenols is 2. The van der Waals surface area contributed by atoms with Gasteiger partial charge in [0.15, 0.2) is 0 Å². The average molecular weight is 1040 g/mol. The Kier molecular flexibility index (Phi) is 18.0. The van der Waals surface area contributed by atoms with Crippen molar-refractivity contribution >= 4 is 0 Å². The molecule has 382 valence electrons. The van der Waals surface area contributed by atoms with Crippen molar-refractivity contribution in [3.63, 3.8) is 0 Å². The van der Waals surface area contributed by atoms with Gasteiger partial charge in [-0.25, -0.2) is 0 Å². The van der Waals surface area contributed by atoms with Gasteiger partial charge in [-0.05, 0) is 140 Å². The zero-order valence-electron chi connectivity index (χ0n) is 47.8. The molecule has 5 aromatic carbocycles. The fourth-order valence-corrected chi connectivity index (χ4v) is 9.23. The van der Waals surface area contributed by atoms with Gasteiger partial charge in [-0.3, -0.25) is 0 Å². The third-order valence-corrected chi connectivity index (χ3v) is 14.0. The molecule has 0 aromatic heterocycles. The molecule has 1 aliphatic rings. The minimum atomic E-state index is -0.117. The summed E-state index contributed by atoms with van der Waals surface area (Å²) < 4.78 is 13.4. The minimum Gasteiger partial charge on any atom is -0.507 e. The van der Waals surface area contributed by atoms with Crippen LogP contribution in [0.3, 0.4) is 0 Å². The summed E-state index contributed by atoms with van der Waals surface area (Å²) in [7, 11) is 0. The topological polar surface area (TPSA) is 58.9 Å². The van der Waals surface area contributed by atoms with Gasteiger partial charge in [0.05, 0.1) is 13.2 Å². The Morgan fingerprint density at radius 3 is 1.31 bits per heavy atom. The monoisotopic (exact) mass is 1040 g/mol. The molecule has 2 N–H and O–H groups in total. The zero-order valence-corrected chi connectivity index (χ0v) is 50.2. The van der Waals surface area contributed by atoms with E-state index in [2.05, 4.69) is 229 Å². The Morgan fingerprint density at radius 1 is 0.465 bits per heavy atom. The van der Waals surface area contributed by atoms with Crippen molar-refractivity contribution in [1.29, 1.82) is 0 Å². The van der Waals surface area contributed by atoms with E-state index in [1.807, 2.05) is 0 Å². The predicted molar refractivity (Wildman–Crippen MR) is 301 cm³/mol. The van der Waals surface area contributed by atoms with E-state index in [-0.39, 0.29) is 77.8 Å². The van der Waals surface area contributed by atoms with Crippen molar-refractivity contribution in [3.05, 3.63) is 149 Å². The zero-order chi connectivity index (χ0) is 51.4. The molecule has 0 spiro atoms. The minimum absolute atomic E-state index is 0. The first-order valence-electron chi connectivity index (χ1n) is 25.5. The summed E-state index contributed by atoms with van der Waals surface area (Å²) in [6, 6.07) is 28.1. The molecule has 0 heterocycles. The number of aryl methyl sites for hydroxylation is 2. The number of hydrogen-bond acceptors (Lipinski definition) is 4. The first kappa shape index (κ1) is 59.2. The second-order valence-corrected chi connectivity index (χ2v) is 26.3. The molecule has 4 nitrogen and oxygen atoms in total. The molecule has 1 aliphatic carbocycles. The molecule has 6 rings (SSSR count). The molecule has 1 atom stereocenters. The van der Waals surface area contributed by atoms with Crippen LogP contribution >= 0.6 is 0 Å². The van der Waals surface area contributed by atoms with E-state index in [1.165, 1.54) is 27.8 Å². The maximum absolute atomic E-state index is 12.4. The van der Waals surface area contributed by atoms with E-state index >= 15 is 0 Å². The number of benzene rings is 5. The molecular weight excluding hydrogens is 948 g/mol. The fourth-order valence-electron chi connectivity index (χ4n) is 9.23. The van der Waals surface area contributed by atoms with E-state index in [0.29, 0.717) is 25.4 Å². The Labute approximate surface area is 450 Å². The van der Waals surface area contributed by atoms with E-state index in [1.54, 1.807) is 0 Å². The van der Waals surface area contributed by atoms with Crippen molar-refractivity contribution < 1.29 is 45.9 Å². The van der Waals surface area contributed by atoms with Crippen molar-refractivity contribution in [1.82, 2.24) is 0 Å². The SMILES string of the molecule is Cc1cc(-c2cc(C(C)(C)C)cc(C(C)(C)C)c2)c(O)c(-c2cc(C(C)(C)C)ccc2OCCCOc2ccc(C(C)(C)C)cc2-c2cc(C)cc(C3C=C(C(C)(C)C)C=C(C(C)(C)C)C3)c2O)c1.[CH3-].[Zr]. The smallest absolute Gasteiger partial charge is 0.131 e. The van der Waals surface area contributed by atoms with E-state index in [9.17, 15) is 10.2 Å². The quantitative estimate of drug-likeness (QED) is 0.108.